The smallest absolute Gasteiger partial charge is 0.311 e. The summed E-state index contributed by atoms with van der Waals surface area (Å²) in [5.41, 5.74) is 0.287. The van der Waals surface area contributed by atoms with E-state index in [0.717, 1.165) is 19.3 Å². The third-order valence-electron chi connectivity index (χ3n) is 6.99. The second-order valence-electron chi connectivity index (χ2n) is 12.7. The molecular formula is C32H56O4. The quantitative estimate of drug-likeness (QED) is 0.0958. The summed E-state index contributed by atoms with van der Waals surface area (Å²) in [5.74, 6) is -0.248. The Morgan fingerprint density at radius 2 is 1.11 bits per heavy atom. The van der Waals surface area contributed by atoms with Crippen LogP contribution in [0.5, 0.6) is 17.2 Å². The summed E-state index contributed by atoms with van der Waals surface area (Å²) in [4.78, 5) is 12.6. The SMILES string of the molecule is CCCCCCCCCCCCCCCCCC(=O)Oc1c(O)cc(C(C)(C)C)c(O)c1C(C)(C)C. The van der Waals surface area contributed by atoms with Crippen LogP contribution < -0.4 is 4.74 Å². The molecule has 4 nitrogen and oxygen atoms in total. The zero-order chi connectivity index (χ0) is 27.2. The number of unbranched alkanes of at least 4 members (excludes halogenated alkanes) is 14. The lowest BCUT2D eigenvalue weighted by molar-refractivity contribution is -0.134. The van der Waals surface area contributed by atoms with Gasteiger partial charge in [-0.25, -0.2) is 0 Å². The van der Waals surface area contributed by atoms with Gasteiger partial charge in [0, 0.05) is 17.5 Å². The molecule has 0 bridgehead atoms. The molecule has 0 aromatic heterocycles. The lowest BCUT2D eigenvalue weighted by Gasteiger charge is -2.29. The monoisotopic (exact) mass is 504 g/mol. The Morgan fingerprint density at radius 1 is 0.694 bits per heavy atom. The predicted octanol–water partition coefficient (Wildman–Crippen LogP) is 9.86. The Hall–Kier alpha value is -1.71. The van der Waals surface area contributed by atoms with Gasteiger partial charge in [0.25, 0.3) is 0 Å². The maximum absolute atomic E-state index is 12.6. The Kier molecular flexibility index (Phi) is 14.5. The molecule has 0 aliphatic rings. The molecule has 1 aromatic rings. The highest BCUT2D eigenvalue weighted by Crippen LogP contribution is 2.48. The average molecular weight is 505 g/mol. The third kappa shape index (κ3) is 12.0. The number of carbonyl (C=O) groups is 1. The van der Waals surface area contributed by atoms with Crippen LogP contribution in [0.2, 0.25) is 0 Å². The van der Waals surface area contributed by atoms with Crippen molar-refractivity contribution in [2.45, 2.75) is 162 Å². The first kappa shape index (κ1) is 32.3. The standard InChI is InChI=1S/C32H56O4/c1-8-9-10-11-12-13-14-15-16-17-18-19-20-21-22-23-27(34)36-30-26(33)24-25(31(2,3)4)29(35)28(30)32(5,6)7/h24,33,35H,8-23H2,1-7H3. The molecule has 0 radical (unpaired) electrons. The molecule has 0 heterocycles. The van der Waals surface area contributed by atoms with Crippen molar-refractivity contribution in [3.05, 3.63) is 17.2 Å². The van der Waals surface area contributed by atoms with Gasteiger partial charge in [0.05, 0.1) is 0 Å². The first-order valence-corrected chi connectivity index (χ1v) is 14.7. The fourth-order valence-corrected chi connectivity index (χ4v) is 4.82. The summed E-state index contributed by atoms with van der Waals surface area (Å²) < 4.78 is 5.62. The second kappa shape index (κ2) is 16.2. The van der Waals surface area contributed by atoms with Gasteiger partial charge in [-0.05, 0) is 23.3 Å². The summed E-state index contributed by atoms with van der Waals surface area (Å²) in [7, 11) is 0. The highest BCUT2D eigenvalue weighted by molar-refractivity contribution is 5.75. The molecular weight excluding hydrogens is 448 g/mol. The molecule has 0 fully saturated rings. The van der Waals surface area contributed by atoms with E-state index in [1.54, 1.807) is 0 Å². The summed E-state index contributed by atoms with van der Waals surface area (Å²) in [6, 6.07) is 1.53. The van der Waals surface area contributed by atoms with Crippen molar-refractivity contribution in [2.24, 2.45) is 0 Å². The van der Waals surface area contributed by atoms with Crippen molar-refractivity contribution >= 4 is 5.97 Å². The van der Waals surface area contributed by atoms with Crippen molar-refractivity contribution in [1.82, 2.24) is 0 Å². The van der Waals surface area contributed by atoms with Crippen LogP contribution in [0.4, 0.5) is 0 Å². The van der Waals surface area contributed by atoms with Gasteiger partial charge in [-0.1, -0.05) is 138 Å². The van der Waals surface area contributed by atoms with Crippen LogP contribution in [-0.4, -0.2) is 16.2 Å². The molecule has 0 unspecified atom stereocenters. The fraction of sp³-hybridized carbons (Fsp3) is 0.781. The highest BCUT2D eigenvalue weighted by atomic mass is 16.5. The van der Waals surface area contributed by atoms with E-state index in [1.807, 2.05) is 41.5 Å². The number of esters is 1. The summed E-state index contributed by atoms with van der Waals surface area (Å²) in [6.07, 6.45) is 19.5. The minimum absolute atomic E-state index is 0.0903. The zero-order valence-corrected chi connectivity index (χ0v) is 24.6. The summed E-state index contributed by atoms with van der Waals surface area (Å²) >= 11 is 0. The molecule has 0 saturated carbocycles. The Labute approximate surface area is 222 Å². The highest BCUT2D eigenvalue weighted by Gasteiger charge is 2.32. The van der Waals surface area contributed by atoms with Crippen LogP contribution in [0.3, 0.4) is 0 Å². The lowest BCUT2D eigenvalue weighted by Crippen LogP contribution is -2.20. The minimum Gasteiger partial charge on any atom is -0.507 e. The van der Waals surface area contributed by atoms with E-state index >= 15 is 0 Å². The number of phenolic OH excluding ortho intramolecular Hbond substituents is 2. The van der Waals surface area contributed by atoms with E-state index < -0.39 is 5.41 Å². The van der Waals surface area contributed by atoms with E-state index in [-0.39, 0.29) is 28.6 Å². The molecule has 0 aliphatic carbocycles. The van der Waals surface area contributed by atoms with Gasteiger partial charge in [-0.2, -0.15) is 0 Å². The van der Waals surface area contributed by atoms with Gasteiger partial charge >= 0.3 is 5.97 Å². The molecule has 0 aliphatic heterocycles. The molecule has 0 saturated heterocycles. The molecule has 4 heteroatoms. The van der Waals surface area contributed by atoms with Crippen LogP contribution >= 0.6 is 0 Å². The zero-order valence-electron chi connectivity index (χ0n) is 24.6. The second-order valence-corrected chi connectivity index (χ2v) is 12.7. The number of rotatable bonds is 17. The fourth-order valence-electron chi connectivity index (χ4n) is 4.82. The molecule has 0 spiro atoms. The van der Waals surface area contributed by atoms with Crippen LogP contribution in [0.1, 0.15) is 162 Å². The van der Waals surface area contributed by atoms with Crippen LogP contribution in [0.25, 0.3) is 0 Å². The molecule has 36 heavy (non-hydrogen) atoms. The third-order valence-corrected chi connectivity index (χ3v) is 6.99. The van der Waals surface area contributed by atoms with Gasteiger partial charge in [0.1, 0.15) is 5.75 Å². The van der Waals surface area contributed by atoms with Crippen molar-refractivity contribution in [1.29, 1.82) is 0 Å². The first-order chi connectivity index (χ1) is 16.9. The molecule has 1 rings (SSSR count). The van der Waals surface area contributed by atoms with Crippen LogP contribution in [-0.2, 0) is 15.6 Å². The number of hydrogen-bond acceptors (Lipinski definition) is 4. The summed E-state index contributed by atoms with van der Waals surface area (Å²) in [6.45, 7) is 14.0. The Bertz CT molecular complexity index is 768. The topological polar surface area (TPSA) is 66.8 Å². The average Bonchev–Trinajstić information content (AvgIpc) is 2.77. The van der Waals surface area contributed by atoms with Crippen molar-refractivity contribution in [2.75, 3.05) is 0 Å². The summed E-state index contributed by atoms with van der Waals surface area (Å²) in [5, 5.41) is 21.7. The lowest BCUT2D eigenvalue weighted by atomic mass is 9.78. The molecule has 0 atom stereocenters. The number of benzene rings is 1. The number of hydrogen-bond donors (Lipinski definition) is 2. The van der Waals surface area contributed by atoms with Gasteiger partial charge < -0.3 is 14.9 Å². The number of phenols is 2. The molecule has 0 amide bonds. The van der Waals surface area contributed by atoms with Crippen molar-refractivity contribution in [3.8, 4) is 17.2 Å². The maximum atomic E-state index is 12.6. The Balaban J connectivity index is 2.34. The normalized spacial score (nSPS) is 12.2. The van der Waals surface area contributed by atoms with Gasteiger partial charge in [-0.15, -0.1) is 0 Å². The van der Waals surface area contributed by atoms with E-state index in [2.05, 4.69) is 6.92 Å². The number of aromatic hydroxyl groups is 2. The largest absolute Gasteiger partial charge is 0.507 e. The van der Waals surface area contributed by atoms with Gasteiger partial charge in [0.2, 0.25) is 0 Å². The van der Waals surface area contributed by atoms with Gasteiger partial charge in [-0.3, -0.25) is 4.79 Å². The van der Waals surface area contributed by atoms with E-state index in [9.17, 15) is 15.0 Å². The maximum Gasteiger partial charge on any atom is 0.311 e. The van der Waals surface area contributed by atoms with E-state index in [0.29, 0.717) is 17.5 Å². The van der Waals surface area contributed by atoms with Gasteiger partial charge in [0.15, 0.2) is 11.5 Å². The first-order valence-electron chi connectivity index (χ1n) is 14.7. The predicted molar refractivity (Wildman–Crippen MR) is 152 cm³/mol. The number of carbonyl (C=O) groups excluding carboxylic acids is 1. The molecule has 208 valence electrons. The minimum atomic E-state index is -0.493. The van der Waals surface area contributed by atoms with E-state index in [4.69, 9.17) is 4.74 Å². The van der Waals surface area contributed by atoms with Crippen molar-refractivity contribution < 1.29 is 19.7 Å². The van der Waals surface area contributed by atoms with Crippen molar-refractivity contribution in [3.63, 3.8) is 0 Å². The molecule has 1 aromatic carbocycles. The number of ether oxygens (including phenoxy) is 1. The van der Waals surface area contributed by atoms with Crippen LogP contribution in [0, 0.1) is 0 Å². The van der Waals surface area contributed by atoms with E-state index in [1.165, 1.54) is 83.1 Å². The molecule has 2 N–H and O–H groups in total. The Morgan fingerprint density at radius 3 is 1.50 bits per heavy atom. The van der Waals surface area contributed by atoms with Crippen LogP contribution in [0.15, 0.2) is 6.07 Å².